The lowest BCUT2D eigenvalue weighted by molar-refractivity contribution is 0.441. The van der Waals surface area contributed by atoms with E-state index in [1.165, 1.54) is 43.0 Å². The summed E-state index contributed by atoms with van der Waals surface area (Å²) >= 11 is 0. The third-order valence-electron chi connectivity index (χ3n) is 4.09. The second-order valence-electron chi connectivity index (χ2n) is 5.62. The van der Waals surface area contributed by atoms with Crippen molar-refractivity contribution in [2.45, 2.75) is 58.5 Å². The summed E-state index contributed by atoms with van der Waals surface area (Å²) in [5.74, 6) is 0. The zero-order chi connectivity index (χ0) is 14.2. The van der Waals surface area contributed by atoms with E-state index in [2.05, 4.69) is 60.3 Å². The van der Waals surface area contributed by atoms with Crippen LogP contribution in [0.3, 0.4) is 0 Å². The Bertz CT molecular complexity index is 501. The first kappa shape index (κ1) is 15.1. The molecule has 2 nitrogen and oxygen atoms in total. The molecule has 0 saturated carbocycles. The SMILES string of the molecule is CCCCC(CC)NCCCn1ccc2ccccc21. The number of benzene rings is 1. The van der Waals surface area contributed by atoms with Gasteiger partial charge in [-0.25, -0.2) is 0 Å². The zero-order valence-corrected chi connectivity index (χ0v) is 12.9. The predicted molar refractivity (Wildman–Crippen MR) is 88.2 cm³/mol. The van der Waals surface area contributed by atoms with Crippen LogP contribution in [0, 0.1) is 0 Å². The highest BCUT2D eigenvalue weighted by Gasteiger charge is 2.04. The molecule has 1 heterocycles. The minimum Gasteiger partial charge on any atom is -0.347 e. The number of rotatable bonds is 9. The predicted octanol–water partition coefficient (Wildman–Crippen LogP) is 4.59. The van der Waals surface area contributed by atoms with E-state index in [0.29, 0.717) is 6.04 Å². The quantitative estimate of drug-likeness (QED) is 0.661. The highest BCUT2D eigenvalue weighted by molar-refractivity contribution is 5.79. The number of nitrogens with zero attached hydrogens (tertiary/aromatic N) is 1. The molecular formula is C18H28N2. The number of fused-ring (bicyclic) bond motifs is 1. The summed E-state index contributed by atoms with van der Waals surface area (Å²) < 4.78 is 2.37. The van der Waals surface area contributed by atoms with E-state index in [4.69, 9.17) is 0 Å². The molecule has 110 valence electrons. The van der Waals surface area contributed by atoms with Crippen molar-refractivity contribution >= 4 is 10.9 Å². The second-order valence-corrected chi connectivity index (χ2v) is 5.62. The summed E-state index contributed by atoms with van der Waals surface area (Å²) in [6.45, 7) is 6.77. The van der Waals surface area contributed by atoms with Crippen LogP contribution < -0.4 is 5.32 Å². The largest absolute Gasteiger partial charge is 0.347 e. The molecule has 0 fully saturated rings. The fraction of sp³-hybridized carbons (Fsp3) is 0.556. The van der Waals surface area contributed by atoms with Crippen LogP contribution in [0.4, 0.5) is 0 Å². The third-order valence-corrected chi connectivity index (χ3v) is 4.09. The van der Waals surface area contributed by atoms with E-state index in [-0.39, 0.29) is 0 Å². The molecule has 1 aromatic heterocycles. The van der Waals surface area contributed by atoms with E-state index in [1.54, 1.807) is 0 Å². The highest BCUT2D eigenvalue weighted by atomic mass is 15.0. The van der Waals surface area contributed by atoms with Crippen LogP contribution in [0.15, 0.2) is 36.5 Å². The first-order valence-corrected chi connectivity index (χ1v) is 8.12. The molecule has 0 spiro atoms. The number of para-hydroxylation sites is 1. The Balaban J connectivity index is 1.75. The molecule has 1 aromatic carbocycles. The highest BCUT2D eigenvalue weighted by Crippen LogP contribution is 2.15. The van der Waals surface area contributed by atoms with Crippen molar-refractivity contribution in [1.29, 1.82) is 0 Å². The molecule has 2 aromatic rings. The second kappa shape index (κ2) is 8.11. The van der Waals surface area contributed by atoms with Crippen LogP contribution in [-0.2, 0) is 6.54 Å². The van der Waals surface area contributed by atoms with Crippen LogP contribution in [0.25, 0.3) is 10.9 Å². The number of nitrogens with one attached hydrogen (secondary N) is 1. The maximum absolute atomic E-state index is 3.70. The molecule has 1 unspecified atom stereocenters. The van der Waals surface area contributed by atoms with E-state index < -0.39 is 0 Å². The average molecular weight is 272 g/mol. The fourth-order valence-electron chi connectivity index (χ4n) is 2.79. The molecule has 1 N–H and O–H groups in total. The van der Waals surface area contributed by atoms with Crippen LogP contribution in [0.1, 0.15) is 46.0 Å². The van der Waals surface area contributed by atoms with Gasteiger partial charge in [0.05, 0.1) is 0 Å². The number of hydrogen-bond donors (Lipinski definition) is 1. The minimum absolute atomic E-state index is 0.705. The van der Waals surface area contributed by atoms with Crippen LogP contribution >= 0.6 is 0 Å². The molecule has 2 rings (SSSR count). The Hall–Kier alpha value is -1.28. The summed E-state index contributed by atoms with van der Waals surface area (Å²) in [5, 5.41) is 5.04. The van der Waals surface area contributed by atoms with Gasteiger partial charge in [-0.15, -0.1) is 0 Å². The summed E-state index contributed by atoms with van der Waals surface area (Å²) in [5.41, 5.74) is 1.35. The van der Waals surface area contributed by atoms with Crippen molar-refractivity contribution in [1.82, 2.24) is 9.88 Å². The van der Waals surface area contributed by atoms with Gasteiger partial charge >= 0.3 is 0 Å². The van der Waals surface area contributed by atoms with Gasteiger partial charge in [-0.2, -0.15) is 0 Å². The lowest BCUT2D eigenvalue weighted by Gasteiger charge is -2.16. The van der Waals surface area contributed by atoms with Crippen molar-refractivity contribution in [2.75, 3.05) is 6.54 Å². The van der Waals surface area contributed by atoms with E-state index in [1.807, 2.05) is 0 Å². The molecule has 0 bridgehead atoms. The van der Waals surface area contributed by atoms with Gasteiger partial charge in [0.2, 0.25) is 0 Å². The average Bonchev–Trinajstić information content (AvgIpc) is 2.90. The number of aromatic nitrogens is 1. The summed E-state index contributed by atoms with van der Waals surface area (Å²) in [4.78, 5) is 0. The van der Waals surface area contributed by atoms with Crippen molar-refractivity contribution < 1.29 is 0 Å². The Morgan fingerprint density at radius 2 is 1.95 bits per heavy atom. The smallest absolute Gasteiger partial charge is 0.0480 e. The third kappa shape index (κ3) is 4.11. The number of aryl methyl sites for hydroxylation is 1. The van der Waals surface area contributed by atoms with Crippen LogP contribution in [0.5, 0.6) is 0 Å². The van der Waals surface area contributed by atoms with Gasteiger partial charge in [0, 0.05) is 24.3 Å². The topological polar surface area (TPSA) is 17.0 Å². The summed E-state index contributed by atoms with van der Waals surface area (Å²) in [6.07, 6.45) is 8.60. The van der Waals surface area contributed by atoms with Gasteiger partial charge in [-0.3, -0.25) is 0 Å². The van der Waals surface area contributed by atoms with Crippen molar-refractivity contribution in [3.63, 3.8) is 0 Å². The lowest BCUT2D eigenvalue weighted by atomic mass is 10.1. The summed E-state index contributed by atoms with van der Waals surface area (Å²) in [6, 6.07) is 11.5. The standard InChI is InChI=1S/C18H28N2/c1-3-5-10-17(4-2)19-13-8-14-20-15-12-16-9-6-7-11-18(16)20/h6-7,9,11-12,15,17,19H,3-5,8,10,13-14H2,1-2H3. The molecule has 1 atom stereocenters. The zero-order valence-electron chi connectivity index (χ0n) is 12.9. The van der Waals surface area contributed by atoms with Gasteiger partial charge in [0.25, 0.3) is 0 Å². The van der Waals surface area contributed by atoms with Crippen molar-refractivity contribution in [2.24, 2.45) is 0 Å². The normalized spacial score (nSPS) is 12.9. The Labute approximate surface area is 123 Å². The molecule has 0 aliphatic rings. The van der Waals surface area contributed by atoms with Crippen molar-refractivity contribution in [3.8, 4) is 0 Å². The molecule has 2 heteroatoms. The Kier molecular flexibility index (Phi) is 6.13. The number of hydrogen-bond acceptors (Lipinski definition) is 1. The fourth-order valence-corrected chi connectivity index (χ4v) is 2.79. The van der Waals surface area contributed by atoms with Crippen molar-refractivity contribution in [3.05, 3.63) is 36.5 Å². The van der Waals surface area contributed by atoms with Gasteiger partial charge in [-0.05, 0) is 43.3 Å². The maximum atomic E-state index is 3.70. The first-order valence-electron chi connectivity index (χ1n) is 8.12. The lowest BCUT2D eigenvalue weighted by Crippen LogP contribution is -2.29. The summed E-state index contributed by atoms with van der Waals surface area (Å²) in [7, 11) is 0. The Morgan fingerprint density at radius 3 is 2.75 bits per heavy atom. The first-order chi connectivity index (χ1) is 9.85. The minimum atomic E-state index is 0.705. The maximum Gasteiger partial charge on any atom is 0.0480 e. The molecule has 20 heavy (non-hydrogen) atoms. The van der Waals surface area contributed by atoms with E-state index >= 15 is 0 Å². The van der Waals surface area contributed by atoms with Crippen LogP contribution in [-0.4, -0.2) is 17.2 Å². The molecule has 0 aliphatic heterocycles. The molecule has 0 radical (unpaired) electrons. The van der Waals surface area contributed by atoms with Gasteiger partial charge < -0.3 is 9.88 Å². The Morgan fingerprint density at radius 1 is 1.10 bits per heavy atom. The molecule has 0 aliphatic carbocycles. The van der Waals surface area contributed by atoms with Gasteiger partial charge in [-0.1, -0.05) is 44.9 Å². The van der Waals surface area contributed by atoms with E-state index in [9.17, 15) is 0 Å². The van der Waals surface area contributed by atoms with Gasteiger partial charge in [0.15, 0.2) is 0 Å². The number of unbranched alkanes of at least 4 members (excludes halogenated alkanes) is 1. The monoisotopic (exact) mass is 272 g/mol. The van der Waals surface area contributed by atoms with Gasteiger partial charge in [0.1, 0.15) is 0 Å². The molecular weight excluding hydrogens is 244 g/mol. The van der Waals surface area contributed by atoms with E-state index in [0.717, 1.165) is 13.1 Å². The molecule has 0 amide bonds. The molecule has 0 saturated heterocycles. The van der Waals surface area contributed by atoms with Crippen LogP contribution in [0.2, 0.25) is 0 Å².